The molecule has 0 fully saturated rings. The second-order valence-electron chi connectivity index (χ2n) is 3.38. The van der Waals surface area contributed by atoms with Crippen LogP contribution in [-0.2, 0) is 4.79 Å². The van der Waals surface area contributed by atoms with Crippen LogP contribution in [0.25, 0.3) is 17.3 Å². The van der Waals surface area contributed by atoms with Gasteiger partial charge in [0.15, 0.2) is 0 Å². The molecule has 1 aromatic heterocycles. The number of hydrogen-bond donors (Lipinski definition) is 1. The van der Waals surface area contributed by atoms with Crippen molar-refractivity contribution in [2.24, 2.45) is 0 Å². The van der Waals surface area contributed by atoms with E-state index in [-0.39, 0.29) is 0 Å². The average molecular weight is 226 g/mol. The van der Waals surface area contributed by atoms with Gasteiger partial charge in [0, 0.05) is 24.0 Å². The first kappa shape index (κ1) is 11.0. The number of carboxylic acids is 1. The van der Waals surface area contributed by atoms with Gasteiger partial charge < -0.3 is 5.11 Å². The minimum absolute atomic E-state index is 0.793. The van der Waals surface area contributed by atoms with E-state index in [0.717, 1.165) is 22.9 Å². The molecule has 0 atom stereocenters. The van der Waals surface area contributed by atoms with Gasteiger partial charge in [-0.2, -0.15) is 0 Å². The Morgan fingerprint density at radius 1 is 1.18 bits per heavy atom. The van der Waals surface area contributed by atoms with Gasteiger partial charge in [0.25, 0.3) is 0 Å². The molecule has 0 aliphatic carbocycles. The highest BCUT2D eigenvalue weighted by Gasteiger charge is 1.97. The molecule has 0 unspecified atom stereocenters. The molecule has 0 spiro atoms. The van der Waals surface area contributed by atoms with E-state index in [2.05, 4.69) is 9.97 Å². The largest absolute Gasteiger partial charge is 0.478 e. The third-order valence-corrected chi connectivity index (χ3v) is 2.19. The lowest BCUT2D eigenvalue weighted by Gasteiger charge is -1.99. The zero-order valence-electron chi connectivity index (χ0n) is 8.95. The van der Waals surface area contributed by atoms with Crippen molar-refractivity contribution in [3.63, 3.8) is 0 Å². The Labute approximate surface area is 98.3 Å². The minimum Gasteiger partial charge on any atom is -0.478 e. The molecule has 0 amide bonds. The Hall–Kier alpha value is -2.49. The van der Waals surface area contributed by atoms with E-state index in [4.69, 9.17) is 5.11 Å². The van der Waals surface area contributed by atoms with E-state index in [1.165, 1.54) is 0 Å². The van der Waals surface area contributed by atoms with E-state index in [9.17, 15) is 4.79 Å². The van der Waals surface area contributed by atoms with Crippen LogP contribution in [0.15, 0.2) is 48.9 Å². The number of carboxylic acid groups (broad SMARTS) is 1. The van der Waals surface area contributed by atoms with Crippen molar-refractivity contribution in [3.8, 4) is 11.3 Å². The third-order valence-electron chi connectivity index (χ3n) is 2.19. The zero-order chi connectivity index (χ0) is 12.1. The summed E-state index contributed by atoms with van der Waals surface area (Å²) in [6.45, 7) is 0. The molecule has 0 radical (unpaired) electrons. The highest BCUT2D eigenvalue weighted by molar-refractivity contribution is 5.85. The molecule has 0 saturated carbocycles. The van der Waals surface area contributed by atoms with Gasteiger partial charge in [-0.15, -0.1) is 0 Å². The molecule has 84 valence electrons. The Kier molecular flexibility index (Phi) is 3.25. The molecule has 0 aliphatic heterocycles. The third kappa shape index (κ3) is 2.98. The van der Waals surface area contributed by atoms with Crippen LogP contribution >= 0.6 is 0 Å². The van der Waals surface area contributed by atoms with Crippen LogP contribution in [0, 0.1) is 0 Å². The fraction of sp³-hybridized carbons (Fsp3) is 0. The van der Waals surface area contributed by atoms with Gasteiger partial charge >= 0.3 is 5.97 Å². The van der Waals surface area contributed by atoms with Crippen molar-refractivity contribution < 1.29 is 9.90 Å². The Morgan fingerprint density at radius 3 is 2.53 bits per heavy atom. The first-order chi connectivity index (χ1) is 8.25. The van der Waals surface area contributed by atoms with Crippen molar-refractivity contribution in [1.82, 2.24) is 9.97 Å². The molecule has 0 aliphatic rings. The molecule has 1 heterocycles. The SMILES string of the molecule is O=C(O)C=Cc1ccc(-c2cnccn2)cc1. The molecule has 1 aromatic carbocycles. The molecule has 4 nitrogen and oxygen atoms in total. The average Bonchev–Trinajstić information content (AvgIpc) is 2.38. The fourth-order valence-corrected chi connectivity index (χ4v) is 1.38. The highest BCUT2D eigenvalue weighted by Crippen LogP contribution is 2.16. The smallest absolute Gasteiger partial charge is 0.328 e. The number of carbonyl (C=O) groups is 1. The van der Waals surface area contributed by atoms with Crippen molar-refractivity contribution >= 4 is 12.0 Å². The van der Waals surface area contributed by atoms with E-state index < -0.39 is 5.97 Å². The number of aliphatic carboxylic acids is 1. The second kappa shape index (κ2) is 5.03. The lowest BCUT2D eigenvalue weighted by molar-refractivity contribution is -0.131. The summed E-state index contributed by atoms with van der Waals surface area (Å²) in [5, 5.41) is 8.50. The molecule has 4 heteroatoms. The predicted octanol–water partition coefficient (Wildman–Crippen LogP) is 2.24. The van der Waals surface area contributed by atoms with Crippen molar-refractivity contribution in [3.05, 3.63) is 54.5 Å². The van der Waals surface area contributed by atoms with Crippen LogP contribution in [0.1, 0.15) is 5.56 Å². The number of benzene rings is 1. The summed E-state index contributed by atoms with van der Waals surface area (Å²) < 4.78 is 0. The molecule has 2 aromatic rings. The van der Waals surface area contributed by atoms with Gasteiger partial charge in [0.05, 0.1) is 11.9 Å². The van der Waals surface area contributed by atoms with Gasteiger partial charge in [-0.25, -0.2) is 4.79 Å². The molecule has 0 saturated heterocycles. The van der Waals surface area contributed by atoms with Crippen LogP contribution in [-0.4, -0.2) is 21.0 Å². The Morgan fingerprint density at radius 2 is 1.94 bits per heavy atom. The van der Waals surface area contributed by atoms with Crippen molar-refractivity contribution in [2.45, 2.75) is 0 Å². The Bertz CT molecular complexity index is 533. The first-order valence-electron chi connectivity index (χ1n) is 5.03. The van der Waals surface area contributed by atoms with E-state index in [1.807, 2.05) is 24.3 Å². The quantitative estimate of drug-likeness (QED) is 0.815. The Balaban J connectivity index is 2.22. The molecule has 17 heavy (non-hydrogen) atoms. The van der Waals surface area contributed by atoms with Crippen LogP contribution in [0.3, 0.4) is 0 Å². The summed E-state index contributed by atoms with van der Waals surface area (Å²) in [4.78, 5) is 18.5. The van der Waals surface area contributed by atoms with Gasteiger partial charge in [-0.1, -0.05) is 24.3 Å². The van der Waals surface area contributed by atoms with Gasteiger partial charge in [0.2, 0.25) is 0 Å². The molecule has 1 N–H and O–H groups in total. The highest BCUT2D eigenvalue weighted by atomic mass is 16.4. The van der Waals surface area contributed by atoms with Crippen molar-refractivity contribution in [2.75, 3.05) is 0 Å². The maximum Gasteiger partial charge on any atom is 0.328 e. The van der Waals surface area contributed by atoms with Crippen LogP contribution in [0.4, 0.5) is 0 Å². The summed E-state index contributed by atoms with van der Waals surface area (Å²) in [5.74, 6) is -0.956. The summed E-state index contributed by atoms with van der Waals surface area (Å²) >= 11 is 0. The lowest BCUT2D eigenvalue weighted by Crippen LogP contribution is -1.86. The van der Waals surface area contributed by atoms with Crippen molar-refractivity contribution in [1.29, 1.82) is 0 Å². The van der Waals surface area contributed by atoms with E-state index >= 15 is 0 Å². The second-order valence-corrected chi connectivity index (χ2v) is 3.38. The summed E-state index contributed by atoms with van der Waals surface area (Å²) in [6.07, 6.45) is 7.59. The standard InChI is InChI=1S/C13H10N2O2/c16-13(17)6-3-10-1-4-11(5-2-10)12-9-14-7-8-15-12/h1-9H,(H,16,17). The number of rotatable bonds is 3. The summed E-state index contributed by atoms with van der Waals surface area (Å²) in [7, 11) is 0. The fourth-order valence-electron chi connectivity index (χ4n) is 1.38. The lowest BCUT2D eigenvalue weighted by atomic mass is 10.1. The van der Waals surface area contributed by atoms with E-state index in [1.54, 1.807) is 24.7 Å². The molecule has 0 bridgehead atoms. The van der Waals surface area contributed by atoms with Gasteiger partial charge in [0.1, 0.15) is 0 Å². The normalized spacial score (nSPS) is 10.6. The van der Waals surface area contributed by atoms with Gasteiger partial charge in [-0.3, -0.25) is 9.97 Å². The van der Waals surface area contributed by atoms with Crippen LogP contribution in [0.5, 0.6) is 0 Å². The molecular weight excluding hydrogens is 216 g/mol. The monoisotopic (exact) mass is 226 g/mol. The maximum absolute atomic E-state index is 10.4. The molecule has 2 rings (SSSR count). The number of hydrogen-bond acceptors (Lipinski definition) is 3. The van der Waals surface area contributed by atoms with Gasteiger partial charge in [-0.05, 0) is 11.6 Å². The summed E-state index contributed by atoms with van der Waals surface area (Å²) in [5.41, 5.74) is 2.58. The minimum atomic E-state index is -0.956. The molecular formula is C13H10N2O2. The number of aromatic nitrogens is 2. The number of nitrogens with zero attached hydrogens (tertiary/aromatic N) is 2. The summed E-state index contributed by atoms with van der Waals surface area (Å²) in [6, 6.07) is 7.43. The van der Waals surface area contributed by atoms with Crippen LogP contribution < -0.4 is 0 Å². The van der Waals surface area contributed by atoms with Crippen LogP contribution in [0.2, 0.25) is 0 Å². The maximum atomic E-state index is 10.4. The topological polar surface area (TPSA) is 63.1 Å². The van der Waals surface area contributed by atoms with E-state index in [0.29, 0.717) is 0 Å². The zero-order valence-corrected chi connectivity index (χ0v) is 8.95. The first-order valence-corrected chi connectivity index (χ1v) is 5.03. The predicted molar refractivity (Wildman–Crippen MR) is 64.1 cm³/mol.